The van der Waals surface area contributed by atoms with Gasteiger partial charge in [-0.25, -0.2) is 4.98 Å². The third-order valence-corrected chi connectivity index (χ3v) is 6.46. The van der Waals surface area contributed by atoms with E-state index in [1.165, 1.54) is 12.0 Å². The Balaban J connectivity index is 1.43. The number of amides is 1. The Hall–Kier alpha value is -2.08. The maximum atomic E-state index is 12.9. The van der Waals surface area contributed by atoms with Crippen LogP contribution in [0.3, 0.4) is 0 Å². The smallest absolute Gasteiger partial charge is 0.254 e. The average Bonchev–Trinajstić information content (AvgIpc) is 2.78. The van der Waals surface area contributed by atoms with Gasteiger partial charge in [-0.2, -0.15) is 11.8 Å². The number of rotatable bonds is 10. The largest absolute Gasteiger partial charge is 0.370 e. The van der Waals surface area contributed by atoms with E-state index in [1.807, 2.05) is 41.2 Å². The summed E-state index contributed by atoms with van der Waals surface area (Å²) in [5, 5.41) is 3.34. The number of pyridine rings is 2. The molecule has 3 rings (SSSR count). The van der Waals surface area contributed by atoms with E-state index < -0.39 is 0 Å². The number of carbonyl (C=O) groups is 1. The predicted molar refractivity (Wildman–Crippen MR) is 122 cm³/mol. The summed E-state index contributed by atoms with van der Waals surface area (Å²) < 4.78 is 0. The average molecular weight is 413 g/mol. The molecule has 0 spiro atoms. The fraction of sp³-hybridized carbons (Fsp3) is 0.522. The van der Waals surface area contributed by atoms with Crippen LogP contribution in [-0.4, -0.2) is 51.9 Å². The number of piperidine rings is 1. The van der Waals surface area contributed by atoms with Crippen molar-refractivity contribution in [2.75, 3.05) is 36.5 Å². The Labute approximate surface area is 178 Å². The number of aromatic nitrogens is 2. The molecule has 156 valence electrons. The van der Waals surface area contributed by atoms with Gasteiger partial charge < -0.3 is 10.2 Å². The van der Waals surface area contributed by atoms with Gasteiger partial charge in [-0.1, -0.05) is 6.92 Å². The number of aryl methyl sites for hydroxylation is 1. The number of hydrogen-bond acceptors (Lipinski definition) is 5. The van der Waals surface area contributed by atoms with Crippen LogP contribution in [0.15, 0.2) is 42.9 Å². The minimum atomic E-state index is 0.129. The quantitative estimate of drug-likeness (QED) is 0.582. The lowest BCUT2D eigenvalue weighted by molar-refractivity contribution is 0.0687. The van der Waals surface area contributed by atoms with Gasteiger partial charge in [0.15, 0.2) is 0 Å². The van der Waals surface area contributed by atoms with Gasteiger partial charge in [-0.15, -0.1) is 0 Å². The molecule has 2 aromatic rings. The molecule has 0 atom stereocenters. The first-order valence-electron chi connectivity index (χ1n) is 10.7. The second kappa shape index (κ2) is 11.8. The standard InChI is InChI=1S/C23H32N4OS/c1-2-29-17-3-11-25-22-18-21(8-14-26-22)23(28)27-15-9-20(10-16-27)5-4-19-6-12-24-13-7-19/h6-8,12-14,18,20H,2-5,9-11,15-17H2,1H3,(H,25,26). The number of carbonyl (C=O) groups excluding carboxylic acids is 1. The fourth-order valence-electron chi connectivity index (χ4n) is 3.72. The number of thioether (sulfide) groups is 1. The Morgan fingerprint density at radius 3 is 2.76 bits per heavy atom. The van der Waals surface area contributed by atoms with E-state index in [9.17, 15) is 4.79 Å². The summed E-state index contributed by atoms with van der Waals surface area (Å²) in [6, 6.07) is 7.91. The molecule has 1 amide bonds. The molecular weight excluding hydrogens is 380 g/mol. The highest BCUT2D eigenvalue weighted by molar-refractivity contribution is 7.99. The predicted octanol–water partition coefficient (Wildman–Crippen LogP) is 4.52. The van der Waals surface area contributed by atoms with Crippen LogP contribution >= 0.6 is 11.8 Å². The molecule has 0 bridgehead atoms. The highest BCUT2D eigenvalue weighted by Gasteiger charge is 2.23. The molecule has 6 heteroatoms. The molecule has 0 aromatic carbocycles. The molecule has 0 unspecified atom stereocenters. The van der Waals surface area contributed by atoms with Crippen LogP contribution in [0.4, 0.5) is 5.82 Å². The molecule has 1 N–H and O–H groups in total. The molecule has 1 fully saturated rings. The second-order valence-corrected chi connectivity index (χ2v) is 8.93. The molecule has 0 radical (unpaired) electrons. The van der Waals surface area contributed by atoms with Gasteiger partial charge in [-0.05, 0) is 79.4 Å². The summed E-state index contributed by atoms with van der Waals surface area (Å²) in [7, 11) is 0. The maximum absolute atomic E-state index is 12.9. The Morgan fingerprint density at radius 2 is 2.00 bits per heavy atom. The summed E-state index contributed by atoms with van der Waals surface area (Å²) in [5.41, 5.74) is 2.09. The SMILES string of the molecule is CCSCCCNc1cc(C(=O)N2CCC(CCc3ccncc3)CC2)ccn1. The van der Waals surface area contributed by atoms with E-state index in [0.29, 0.717) is 5.92 Å². The number of anilines is 1. The van der Waals surface area contributed by atoms with E-state index in [2.05, 4.69) is 34.3 Å². The molecule has 29 heavy (non-hydrogen) atoms. The van der Waals surface area contributed by atoms with Gasteiger partial charge in [0.2, 0.25) is 0 Å². The van der Waals surface area contributed by atoms with Crippen LogP contribution in [0.5, 0.6) is 0 Å². The fourth-order valence-corrected chi connectivity index (χ4v) is 4.36. The topological polar surface area (TPSA) is 58.1 Å². The molecule has 2 aromatic heterocycles. The molecule has 5 nitrogen and oxygen atoms in total. The first kappa shape index (κ1) is 21.6. The van der Waals surface area contributed by atoms with Gasteiger partial charge in [0.1, 0.15) is 5.82 Å². The molecular formula is C23H32N4OS. The zero-order valence-electron chi connectivity index (χ0n) is 17.3. The molecule has 1 saturated heterocycles. The van der Waals surface area contributed by atoms with E-state index in [4.69, 9.17) is 0 Å². The van der Waals surface area contributed by atoms with Crippen molar-refractivity contribution in [3.8, 4) is 0 Å². The summed E-state index contributed by atoms with van der Waals surface area (Å²) in [6.45, 7) is 4.76. The van der Waals surface area contributed by atoms with Crippen molar-refractivity contribution in [3.63, 3.8) is 0 Å². The lowest BCUT2D eigenvalue weighted by atomic mass is 9.90. The van der Waals surface area contributed by atoms with Crippen molar-refractivity contribution in [1.29, 1.82) is 0 Å². The number of hydrogen-bond donors (Lipinski definition) is 1. The third kappa shape index (κ3) is 7.03. The number of nitrogens with one attached hydrogen (secondary N) is 1. The van der Waals surface area contributed by atoms with Crippen molar-refractivity contribution in [2.24, 2.45) is 5.92 Å². The highest BCUT2D eigenvalue weighted by Crippen LogP contribution is 2.24. The monoisotopic (exact) mass is 412 g/mol. The van der Waals surface area contributed by atoms with Crippen LogP contribution in [0.25, 0.3) is 0 Å². The van der Waals surface area contributed by atoms with Gasteiger partial charge in [0, 0.05) is 43.8 Å². The summed E-state index contributed by atoms with van der Waals surface area (Å²) >= 11 is 1.95. The lowest BCUT2D eigenvalue weighted by Gasteiger charge is -2.32. The number of nitrogens with zero attached hydrogens (tertiary/aromatic N) is 3. The Kier molecular flexibility index (Phi) is 8.81. The lowest BCUT2D eigenvalue weighted by Crippen LogP contribution is -2.38. The summed E-state index contributed by atoms with van der Waals surface area (Å²) in [4.78, 5) is 23.3. The van der Waals surface area contributed by atoms with Crippen LogP contribution in [0, 0.1) is 5.92 Å². The molecule has 1 aliphatic heterocycles. The summed E-state index contributed by atoms with van der Waals surface area (Å²) in [5.74, 6) is 3.93. The molecule has 1 aliphatic rings. The first-order valence-corrected chi connectivity index (χ1v) is 11.9. The van der Waals surface area contributed by atoms with Crippen molar-refractivity contribution < 1.29 is 4.79 Å². The van der Waals surface area contributed by atoms with Gasteiger partial charge in [0.05, 0.1) is 0 Å². The minimum Gasteiger partial charge on any atom is -0.370 e. The van der Waals surface area contributed by atoms with E-state index in [0.717, 1.165) is 68.2 Å². The van der Waals surface area contributed by atoms with E-state index in [-0.39, 0.29) is 5.91 Å². The zero-order chi connectivity index (χ0) is 20.3. The van der Waals surface area contributed by atoms with Crippen LogP contribution < -0.4 is 5.32 Å². The first-order chi connectivity index (χ1) is 14.3. The van der Waals surface area contributed by atoms with E-state index >= 15 is 0 Å². The molecule has 0 aliphatic carbocycles. The second-order valence-electron chi connectivity index (χ2n) is 7.54. The Morgan fingerprint density at radius 1 is 1.21 bits per heavy atom. The normalized spacial score (nSPS) is 14.7. The van der Waals surface area contributed by atoms with Crippen molar-refractivity contribution in [3.05, 3.63) is 54.0 Å². The van der Waals surface area contributed by atoms with Crippen molar-refractivity contribution >= 4 is 23.5 Å². The molecule has 0 saturated carbocycles. The molecule has 3 heterocycles. The number of likely N-dealkylation sites (tertiary alicyclic amines) is 1. The van der Waals surface area contributed by atoms with Crippen LogP contribution in [-0.2, 0) is 6.42 Å². The van der Waals surface area contributed by atoms with Crippen LogP contribution in [0.2, 0.25) is 0 Å². The Bertz CT molecular complexity index is 748. The van der Waals surface area contributed by atoms with Crippen molar-refractivity contribution in [1.82, 2.24) is 14.9 Å². The van der Waals surface area contributed by atoms with Crippen LogP contribution in [0.1, 0.15) is 48.5 Å². The highest BCUT2D eigenvalue weighted by atomic mass is 32.2. The maximum Gasteiger partial charge on any atom is 0.254 e. The third-order valence-electron chi connectivity index (χ3n) is 5.47. The minimum absolute atomic E-state index is 0.129. The van der Waals surface area contributed by atoms with Crippen molar-refractivity contribution in [2.45, 2.75) is 39.0 Å². The van der Waals surface area contributed by atoms with Gasteiger partial charge >= 0.3 is 0 Å². The van der Waals surface area contributed by atoms with E-state index in [1.54, 1.807) is 6.20 Å². The zero-order valence-corrected chi connectivity index (χ0v) is 18.2. The summed E-state index contributed by atoms with van der Waals surface area (Å²) in [6.07, 6.45) is 11.0. The van der Waals surface area contributed by atoms with Gasteiger partial charge in [-0.3, -0.25) is 9.78 Å². The van der Waals surface area contributed by atoms with Gasteiger partial charge in [0.25, 0.3) is 5.91 Å².